The van der Waals surface area contributed by atoms with Crippen molar-refractivity contribution in [2.75, 3.05) is 0 Å². The van der Waals surface area contributed by atoms with Crippen molar-refractivity contribution in [3.8, 4) is 34.2 Å². The molecule has 5 nitrogen and oxygen atoms in total. The fourth-order valence-electron chi connectivity index (χ4n) is 3.40. The van der Waals surface area contributed by atoms with Gasteiger partial charge < -0.3 is 15.2 Å². The Balaban J connectivity index is 1.94. The number of nitrogens with zero attached hydrogens (tertiary/aromatic N) is 1. The fourth-order valence-corrected chi connectivity index (χ4v) is 3.61. The van der Waals surface area contributed by atoms with E-state index in [2.05, 4.69) is 4.98 Å². The lowest BCUT2D eigenvalue weighted by atomic mass is 9.95. The van der Waals surface area contributed by atoms with E-state index in [1.807, 2.05) is 36.4 Å². The molecule has 0 aliphatic rings. The summed E-state index contributed by atoms with van der Waals surface area (Å²) in [6, 6.07) is 19.8. The molecule has 0 radical (unpaired) electrons. The molecule has 29 heavy (non-hydrogen) atoms. The van der Waals surface area contributed by atoms with E-state index in [0.717, 1.165) is 10.9 Å². The largest absolute Gasteiger partial charge is 0.507 e. The summed E-state index contributed by atoms with van der Waals surface area (Å²) in [4.78, 5) is 14.5. The number of halogens is 1. The molecule has 1 aromatic heterocycles. The second-order valence-electron chi connectivity index (χ2n) is 6.69. The van der Waals surface area contributed by atoms with Gasteiger partial charge in [-0.15, -0.1) is 0 Å². The van der Waals surface area contributed by atoms with E-state index in [1.54, 1.807) is 30.3 Å². The number of hydrogen-bond acceptors (Lipinski definition) is 3. The monoisotopic (exact) mass is 402 g/mol. The molecule has 0 bridgehead atoms. The summed E-state index contributed by atoms with van der Waals surface area (Å²) in [7, 11) is 0. The first kappa shape index (κ1) is 18.6. The summed E-state index contributed by atoms with van der Waals surface area (Å²) < 4.78 is 0. The minimum Gasteiger partial charge on any atom is -0.507 e. The molecular weight excluding hydrogens is 388 g/mol. The maximum atomic E-state index is 11.3. The van der Waals surface area contributed by atoms with E-state index in [1.165, 1.54) is 0 Å². The number of H-pyrrole nitrogens is 1. The normalized spacial score (nSPS) is 10.8. The molecule has 0 aliphatic heterocycles. The first-order valence-corrected chi connectivity index (χ1v) is 9.20. The molecule has 6 heteroatoms. The summed E-state index contributed by atoms with van der Waals surface area (Å²) >= 11 is 6.12. The van der Waals surface area contributed by atoms with Gasteiger partial charge in [-0.2, -0.15) is 5.26 Å². The molecule has 1 heterocycles. The first-order valence-electron chi connectivity index (χ1n) is 8.82. The molecule has 0 fully saturated rings. The third-order valence-corrected chi connectivity index (χ3v) is 5.04. The number of carbonyl (C=O) groups is 1. The zero-order chi connectivity index (χ0) is 20.5. The number of aromatic hydroxyl groups is 1. The Morgan fingerprint density at radius 1 is 1.07 bits per heavy atom. The zero-order valence-corrected chi connectivity index (χ0v) is 15.9. The van der Waals surface area contributed by atoms with E-state index in [0.29, 0.717) is 38.5 Å². The van der Waals surface area contributed by atoms with Crippen LogP contribution in [0.15, 0.2) is 60.7 Å². The van der Waals surface area contributed by atoms with Gasteiger partial charge >= 0.3 is 5.97 Å². The molecule has 0 aliphatic carbocycles. The molecule has 0 saturated carbocycles. The van der Waals surface area contributed by atoms with Gasteiger partial charge in [0.1, 0.15) is 11.8 Å². The van der Waals surface area contributed by atoms with Crippen LogP contribution in [0.2, 0.25) is 5.02 Å². The van der Waals surface area contributed by atoms with Crippen LogP contribution in [-0.2, 0) is 11.2 Å². The van der Waals surface area contributed by atoms with Crippen molar-refractivity contribution < 1.29 is 15.0 Å². The Labute approximate surface area is 171 Å². The average molecular weight is 403 g/mol. The van der Waals surface area contributed by atoms with E-state index in [4.69, 9.17) is 11.6 Å². The number of nitriles is 1. The van der Waals surface area contributed by atoms with Crippen molar-refractivity contribution in [1.29, 1.82) is 5.26 Å². The van der Waals surface area contributed by atoms with Gasteiger partial charge in [-0.1, -0.05) is 41.9 Å². The standard InChI is InChI=1S/C23H15ClN2O3/c24-19-11-20-15(9-16(19)12-25)10-21(26-20)18-7-13(8-22(27)28)6-17(23(18)29)14-4-2-1-3-5-14/h1-7,9-11,26,29H,8H2,(H,27,28). The molecule has 0 spiro atoms. The smallest absolute Gasteiger partial charge is 0.307 e. The van der Waals surface area contributed by atoms with Crippen LogP contribution in [0.1, 0.15) is 11.1 Å². The van der Waals surface area contributed by atoms with Crippen molar-refractivity contribution in [1.82, 2.24) is 4.98 Å². The fraction of sp³-hybridized carbons (Fsp3) is 0.0435. The van der Waals surface area contributed by atoms with Crippen LogP contribution >= 0.6 is 11.6 Å². The van der Waals surface area contributed by atoms with Crippen molar-refractivity contribution in [2.24, 2.45) is 0 Å². The molecular formula is C23H15ClN2O3. The highest BCUT2D eigenvalue weighted by Crippen LogP contribution is 2.40. The summed E-state index contributed by atoms with van der Waals surface area (Å²) in [6.45, 7) is 0. The topological polar surface area (TPSA) is 97.1 Å². The molecule has 4 aromatic rings. The van der Waals surface area contributed by atoms with E-state index < -0.39 is 5.97 Å². The second kappa shape index (κ2) is 7.34. The summed E-state index contributed by atoms with van der Waals surface area (Å²) in [5.41, 5.74) is 4.06. The van der Waals surface area contributed by atoms with Gasteiger partial charge in [-0.05, 0) is 41.5 Å². The summed E-state index contributed by atoms with van der Waals surface area (Å²) in [5.74, 6) is -0.911. The lowest BCUT2D eigenvalue weighted by Crippen LogP contribution is -2.01. The third kappa shape index (κ3) is 3.54. The zero-order valence-electron chi connectivity index (χ0n) is 15.1. The molecule has 3 aromatic carbocycles. The first-order chi connectivity index (χ1) is 14.0. The Morgan fingerprint density at radius 2 is 1.79 bits per heavy atom. The van der Waals surface area contributed by atoms with E-state index in [9.17, 15) is 20.3 Å². The van der Waals surface area contributed by atoms with Gasteiger partial charge in [0.15, 0.2) is 0 Å². The number of rotatable bonds is 4. The van der Waals surface area contributed by atoms with Crippen molar-refractivity contribution in [3.05, 3.63) is 76.8 Å². The number of nitrogens with one attached hydrogen (secondary N) is 1. The number of phenolic OH excluding ortho intramolecular Hbond substituents is 1. The number of hydrogen-bond donors (Lipinski definition) is 3. The molecule has 0 atom stereocenters. The number of benzene rings is 3. The van der Waals surface area contributed by atoms with E-state index in [-0.39, 0.29) is 12.2 Å². The van der Waals surface area contributed by atoms with Gasteiger partial charge in [-0.3, -0.25) is 4.79 Å². The van der Waals surface area contributed by atoms with Crippen LogP contribution in [0.4, 0.5) is 0 Å². The van der Waals surface area contributed by atoms with Crippen LogP contribution in [-0.4, -0.2) is 21.2 Å². The van der Waals surface area contributed by atoms with Crippen LogP contribution < -0.4 is 0 Å². The minimum atomic E-state index is -0.956. The summed E-state index contributed by atoms with van der Waals surface area (Å²) in [6.07, 6.45) is -0.169. The summed E-state index contributed by atoms with van der Waals surface area (Å²) in [5, 5.41) is 30.5. The highest BCUT2D eigenvalue weighted by atomic mass is 35.5. The Bertz CT molecular complexity index is 1290. The predicted molar refractivity (Wildman–Crippen MR) is 112 cm³/mol. The molecule has 0 unspecified atom stereocenters. The lowest BCUT2D eigenvalue weighted by Gasteiger charge is -2.12. The Kier molecular flexibility index (Phi) is 4.71. The highest BCUT2D eigenvalue weighted by Gasteiger charge is 2.17. The Hall–Kier alpha value is -3.75. The third-order valence-electron chi connectivity index (χ3n) is 4.73. The Morgan fingerprint density at radius 3 is 2.48 bits per heavy atom. The van der Waals surface area contributed by atoms with Crippen molar-refractivity contribution in [3.63, 3.8) is 0 Å². The number of phenols is 1. The second-order valence-corrected chi connectivity index (χ2v) is 7.10. The predicted octanol–water partition coefficient (Wildman–Crippen LogP) is 5.36. The van der Waals surface area contributed by atoms with Crippen LogP contribution in [0.3, 0.4) is 0 Å². The average Bonchev–Trinajstić information content (AvgIpc) is 3.11. The number of aliphatic carboxylic acids is 1. The van der Waals surface area contributed by atoms with Gasteiger partial charge in [0.25, 0.3) is 0 Å². The maximum absolute atomic E-state index is 11.3. The molecule has 4 rings (SSSR count). The highest BCUT2D eigenvalue weighted by molar-refractivity contribution is 6.32. The number of fused-ring (bicyclic) bond motifs is 1. The van der Waals surface area contributed by atoms with Crippen LogP contribution in [0.5, 0.6) is 5.75 Å². The lowest BCUT2D eigenvalue weighted by molar-refractivity contribution is -0.136. The maximum Gasteiger partial charge on any atom is 0.307 e. The minimum absolute atomic E-state index is 0.0449. The van der Waals surface area contributed by atoms with Gasteiger partial charge in [-0.25, -0.2) is 0 Å². The van der Waals surface area contributed by atoms with Crippen molar-refractivity contribution >= 4 is 28.5 Å². The molecule has 0 saturated heterocycles. The molecule has 3 N–H and O–H groups in total. The molecule has 142 valence electrons. The number of carboxylic acids is 1. The number of aromatic nitrogens is 1. The molecule has 0 amide bonds. The van der Waals surface area contributed by atoms with Crippen LogP contribution in [0, 0.1) is 11.3 Å². The SMILES string of the molecule is N#Cc1cc2cc(-c3cc(CC(=O)O)cc(-c4ccccc4)c3O)[nH]c2cc1Cl. The van der Waals surface area contributed by atoms with Crippen molar-refractivity contribution in [2.45, 2.75) is 6.42 Å². The van der Waals surface area contributed by atoms with Crippen LogP contribution in [0.25, 0.3) is 33.3 Å². The number of carboxylic acid groups (broad SMARTS) is 1. The van der Waals surface area contributed by atoms with Gasteiger partial charge in [0, 0.05) is 22.0 Å². The number of aromatic amines is 1. The van der Waals surface area contributed by atoms with Gasteiger partial charge in [0.05, 0.1) is 22.7 Å². The van der Waals surface area contributed by atoms with E-state index >= 15 is 0 Å². The van der Waals surface area contributed by atoms with Gasteiger partial charge in [0.2, 0.25) is 0 Å². The quantitative estimate of drug-likeness (QED) is 0.428.